The molecule has 5 rings (SSSR count). The lowest BCUT2D eigenvalue weighted by Gasteiger charge is -2.41. The molecule has 0 saturated carbocycles. The minimum Gasteiger partial charge on any atom is -0.356 e. The van der Waals surface area contributed by atoms with Crippen molar-refractivity contribution in [1.29, 1.82) is 0 Å². The first kappa shape index (κ1) is 21.7. The number of hydrogen-bond acceptors (Lipinski definition) is 5. The minimum atomic E-state index is -4.38. The van der Waals surface area contributed by atoms with Crippen molar-refractivity contribution in [3.63, 3.8) is 0 Å². The predicted octanol–water partition coefficient (Wildman–Crippen LogP) is 5.27. The number of aromatic nitrogens is 2. The van der Waals surface area contributed by atoms with Gasteiger partial charge in [0.05, 0.1) is 5.56 Å². The number of piperidine rings is 1. The summed E-state index contributed by atoms with van der Waals surface area (Å²) in [6, 6.07) is 16.2. The van der Waals surface area contributed by atoms with Crippen LogP contribution in [0.5, 0.6) is 0 Å². The molecular weight excluding hydrogens is 427 g/mol. The molecule has 3 heterocycles. The molecule has 0 bridgehead atoms. The van der Waals surface area contributed by atoms with Crippen molar-refractivity contribution in [3.8, 4) is 0 Å². The number of rotatable bonds is 4. The van der Waals surface area contributed by atoms with Gasteiger partial charge in [-0.05, 0) is 48.6 Å². The normalized spacial score (nSPS) is 17.6. The topological polar surface area (TPSA) is 44.3 Å². The molecule has 0 radical (unpaired) electrons. The van der Waals surface area contributed by atoms with Crippen LogP contribution in [0.1, 0.15) is 29.5 Å². The molecule has 2 aromatic carbocycles. The monoisotopic (exact) mass is 453 g/mol. The van der Waals surface area contributed by atoms with E-state index in [-0.39, 0.29) is 0 Å². The Morgan fingerprint density at radius 2 is 1.67 bits per heavy atom. The van der Waals surface area contributed by atoms with E-state index >= 15 is 0 Å². The highest BCUT2D eigenvalue weighted by Gasteiger charge is 2.30. The molecule has 0 unspecified atom stereocenters. The predicted molar refractivity (Wildman–Crippen MR) is 123 cm³/mol. The van der Waals surface area contributed by atoms with Crippen LogP contribution in [0, 0.1) is 0 Å². The van der Waals surface area contributed by atoms with Crippen LogP contribution in [0.3, 0.4) is 0 Å². The number of nitrogens with one attached hydrogen (secondary N) is 1. The molecule has 5 nitrogen and oxygen atoms in total. The summed E-state index contributed by atoms with van der Waals surface area (Å²) in [5.41, 5.74) is 2.56. The molecule has 1 saturated heterocycles. The third kappa shape index (κ3) is 4.95. The molecule has 1 N–H and O–H groups in total. The first-order chi connectivity index (χ1) is 16.0. The van der Waals surface area contributed by atoms with Gasteiger partial charge < -0.3 is 10.2 Å². The van der Waals surface area contributed by atoms with Crippen LogP contribution in [0.2, 0.25) is 0 Å². The Morgan fingerprint density at radius 3 is 2.45 bits per heavy atom. The second kappa shape index (κ2) is 9.02. The lowest BCUT2D eigenvalue weighted by molar-refractivity contribution is -0.137. The second-order valence-electron chi connectivity index (χ2n) is 8.67. The van der Waals surface area contributed by atoms with E-state index in [1.165, 1.54) is 23.5 Å². The van der Waals surface area contributed by atoms with Gasteiger partial charge in [0.2, 0.25) is 0 Å². The van der Waals surface area contributed by atoms with Crippen LogP contribution in [-0.2, 0) is 19.1 Å². The van der Waals surface area contributed by atoms with Gasteiger partial charge in [0, 0.05) is 44.0 Å². The van der Waals surface area contributed by atoms with E-state index in [2.05, 4.69) is 49.4 Å². The van der Waals surface area contributed by atoms with Crippen molar-refractivity contribution in [3.05, 3.63) is 77.6 Å². The molecule has 8 heteroatoms. The second-order valence-corrected chi connectivity index (χ2v) is 8.67. The SMILES string of the molecule is FC(F)(F)c1cccc(Nc2cc(N3CCC(N4CCc5ccccc5C4)CC3)ncn2)c1. The van der Waals surface area contributed by atoms with Crippen LogP contribution >= 0.6 is 0 Å². The average molecular weight is 454 g/mol. The van der Waals surface area contributed by atoms with Crippen LogP contribution in [-0.4, -0.2) is 40.5 Å². The Morgan fingerprint density at radius 1 is 0.879 bits per heavy atom. The summed E-state index contributed by atoms with van der Waals surface area (Å²) in [4.78, 5) is 13.4. The molecule has 0 aliphatic carbocycles. The Bertz CT molecular complexity index is 1110. The highest BCUT2D eigenvalue weighted by molar-refractivity contribution is 5.60. The third-order valence-electron chi connectivity index (χ3n) is 6.58. The molecule has 0 amide bonds. The number of fused-ring (bicyclic) bond motifs is 1. The molecule has 0 atom stereocenters. The Kier molecular flexibility index (Phi) is 5.93. The quantitative estimate of drug-likeness (QED) is 0.583. The van der Waals surface area contributed by atoms with Crippen molar-refractivity contribution < 1.29 is 13.2 Å². The van der Waals surface area contributed by atoms with E-state index in [4.69, 9.17) is 0 Å². The summed E-state index contributed by atoms with van der Waals surface area (Å²) in [5.74, 6) is 1.27. The lowest BCUT2D eigenvalue weighted by atomic mass is 9.95. The number of benzene rings is 2. The van der Waals surface area contributed by atoms with Crippen LogP contribution in [0.25, 0.3) is 0 Å². The lowest BCUT2D eigenvalue weighted by Crippen LogP contribution is -2.46. The number of hydrogen-bond donors (Lipinski definition) is 1. The first-order valence-electron chi connectivity index (χ1n) is 11.3. The van der Waals surface area contributed by atoms with E-state index in [1.807, 2.05) is 0 Å². The van der Waals surface area contributed by atoms with E-state index in [9.17, 15) is 13.2 Å². The molecule has 2 aliphatic rings. The highest BCUT2D eigenvalue weighted by atomic mass is 19.4. The van der Waals surface area contributed by atoms with E-state index < -0.39 is 11.7 Å². The molecule has 2 aliphatic heterocycles. The maximum atomic E-state index is 13.0. The zero-order valence-electron chi connectivity index (χ0n) is 18.2. The van der Waals surface area contributed by atoms with Crippen molar-refractivity contribution in [1.82, 2.24) is 14.9 Å². The summed E-state index contributed by atoms with van der Waals surface area (Å²) in [6.45, 7) is 3.89. The first-order valence-corrected chi connectivity index (χ1v) is 11.3. The fraction of sp³-hybridized carbons (Fsp3) is 0.360. The molecule has 33 heavy (non-hydrogen) atoms. The van der Waals surface area contributed by atoms with Gasteiger partial charge in [0.25, 0.3) is 0 Å². The van der Waals surface area contributed by atoms with Crippen LogP contribution in [0.15, 0.2) is 60.9 Å². The molecular formula is C25H26F3N5. The van der Waals surface area contributed by atoms with E-state index in [0.29, 0.717) is 17.5 Å². The van der Waals surface area contributed by atoms with Crippen LogP contribution in [0.4, 0.5) is 30.5 Å². The maximum Gasteiger partial charge on any atom is 0.416 e. The summed E-state index contributed by atoms with van der Waals surface area (Å²) >= 11 is 0. The summed E-state index contributed by atoms with van der Waals surface area (Å²) in [6.07, 6.45) is 0.298. The van der Waals surface area contributed by atoms with Gasteiger partial charge in [-0.3, -0.25) is 4.90 Å². The molecule has 1 fully saturated rings. The van der Waals surface area contributed by atoms with Crippen LogP contribution < -0.4 is 10.2 Å². The summed E-state index contributed by atoms with van der Waals surface area (Å²) in [5, 5.41) is 2.98. The van der Waals surface area contributed by atoms with Gasteiger partial charge >= 0.3 is 6.18 Å². The molecule has 172 valence electrons. The molecule has 3 aromatic rings. The highest BCUT2D eigenvalue weighted by Crippen LogP contribution is 2.32. The standard InChI is InChI=1S/C25H26F3N5/c26-25(27,28)20-6-3-7-21(14-20)31-23-15-24(30-17-29-23)32-12-9-22(10-13-32)33-11-8-18-4-1-2-5-19(18)16-33/h1-7,14-15,17,22H,8-13,16H2,(H,29,30,31). The fourth-order valence-corrected chi connectivity index (χ4v) is 4.80. The summed E-state index contributed by atoms with van der Waals surface area (Å²) in [7, 11) is 0. The van der Waals surface area contributed by atoms with E-state index in [0.717, 1.165) is 63.4 Å². The maximum absolute atomic E-state index is 13.0. The Labute approximate surface area is 191 Å². The number of anilines is 3. The average Bonchev–Trinajstić information content (AvgIpc) is 2.84. The number of alkyl halides is 3. The molecule has 1 aromatic heterocycles. The molecule has 0 spiro atoms. The van der Waals surface area contributed by atoms with Gasteiger partial charge in [0.1, 0.15) is 18.0 Å². The van der Waals surface area contributed by atoms with Gasteiger partial charge in [-0.25, -0.2) is 9.97 Å². The van der Waals surface area contributed by atoms with Gasteiger partial charge in [-0.15, -0.1) is 0 Å². The number of halogens is 3. The minimum absolute atomic E-state index is 0.346. The van der Waals surface area contributed by atoms with Crippen molar-refractivity contribution in [2.24, 2.45) is 0 Å². The van der Waals surface area contributed by atoms with Gasteiger partial charge in [-0.2, -0.15) is 13.2 Å². The largest absolute Gasteiger partial charge is 0.416 e. The zero-order valence-corrected chi connectivity index (χ0v) is 18.2. The van der Waals surface area contributed by atoms with Crippen molar-refractivity contribution >= 4 is 17.3 Å². The zero-order chi connectivity index (χ0) is 22.8. The fourth-order valence-electron chi connectivity index (χ4n) is 4.80. The Hall–Kier alpha value is -3.13. The van der Waals surface area contributed by atoms with Crippen molar-refractivity contribution in [2.75, 3.05) is 29.9 Å². The van der Waals surface area contributed by atoms with Gasteiger partial charge in [0.15, 0.2) is 0 Å². The van der Waals surface area contributed by atoms with Gasteiger partial charge in [-0.1, -0.05) is 30.3 Å². The smallest absolute Gasteiger partial charge is 0.356 e. The van der Waals surface area contributed by atoms with Crippen molar-refractivity contribution in [2.45, 2.75) is 38.0 Å². The Balaban J connectivity index is 1.21. The summed E-state index contributed by atoms with van der Waals surface area (Å²) < 4.78 is 39.0. The number of nitrogens with zero attached hydrogens (tertiary/aromatic N) is 4. The third-order valence-corrected chi connectivity index (χ3v) is 6.58. The van der Waals surface area contributed by atoms with E-state index in [1.54, 1.807) is 12.1 Å².